The Labute approximate surface area is 176 Å². The maximum atomic E-state index is 12.7. The number of H-pyrrole nitrogens is 1. The number of Topliss-reactive ketones (excluding diaryl/α,β-unsaturated/α-hetero) is 1. The predicted octanol–water partition coefficient (Wildman–Crippen LogP) is 2.84. The second-order valence-corrected chi connectivity index (χ2v) is 7.82. The Morgan fingerprint density at radius 3 is 2.43 bits per heavy atom. The first-order valence-electron chi connectivity index (χ1n) is 10.4. The fraction of sp³-hybridized carbons (Fsp3) is 0.478. The minimum atomic E-state index is -0.118. The van der Waals surface area contributed by atoms with Gasteiger partial charge < -0.3 is 14.6 Å². The molecule has 160 valence electrons. The summed E-state index contributed by atoms with van der Waals surface area (Å²) >= 11 is 0. The zero-order valence-electron chi connectivity index (χ0n) is 17.9. The molecule has 1 saturated heterocycles. The molecule has 0 spiro atoms. The highest BCUT2D eigenvalue weighted by Gasteiger charge is 2.27. The summed E-state index contributed by atoms with van der Waals surface area (Å²) < 4.78 is 5.14. The molecule has 1 fully saturated rings. The molecule has 7 heteroatoms. The lowest BCUT2D eigenvalue weighted by Gasteiger charge is -2.31. The largest absolute Gasteiger partial charge is 0.497 e. The summed E-state index contributed by atoms with van der Waals surface area (Å²) in [4.78, 5) is 46.1. The molecule has 7 nitrogen and oxygen atoms in total. The number of benzene rings is 1. The molecule has 30 heavy (non-hydrogen) atoms. The van der Waals surface area contributed by atoms with Gasteiger partial charge in [0.05, 0.1) is 7.11 Å². The van der Waals surface area contributed by atoms with E-state index in [0.29, 0.717) is 62.1 Å². The minimum Gasteiger partial charge on any atom is -0.497 e. The smallest absolute Gasteiger partial charge is 0.254 e. The number of aromatic nitrogens is 2. The summed E-state index contributed by atoms with van der Waals surface area (Å²) in [5.41, 5.74) is 1.92. The molecule has 1 aliphatic heterocycles. The molecule has 3 rings (SSSR count). The maximum Gasteiger partial charge on any atom is 0.254 e. The van der Waals surface area contributed by atoms with Crippen LogP contribution in [0.5, 0.6) is 5.75 Å². The number of amides is 1. The average Bonchev–Trinajstić information content (AvgIpc) is 2.77. The van der Waals surface area contributed by atoms with Crippen LogP contribution in [0.3, 0.4) is 0 Å². The first kappa shape index (κ1) is 21.7. The van der Waals surface area contributed by atoms with Gasteiger partial charge in [-0.05, 0) is 57.4 Å². The normalized spacial score (nSPS) is 14.6. The van der Waals surface area contributed by atoms with E-state index in [1.165, 1.54) is 0 Å². The van der Waals surface area contributed by atoms with Crippen LogP contribution in [0.2, 0.25) is 0 Å². The Bertz CT molecular complexity index is 957. The third kappa shape index (κ3) is 5.14. The van der Waals surface area contributed by atoms with E-state index in [1.807, 2.05) is 11.8 Å². The number of rotatable bonds is 7. The number of methoxy groups -OCH3 is 1. The van der Waals surface area contributed by atoms with Crippen LogP contribution in [0.4, 0.5) is 0 Å². The number of ketones is 1. The van der Waals surface area contributed by atoms with Gasteiger partial charge >= 0.3 is 0 Å². The van der Waals surface area contributed by atoms with Crippen molar-refractivity contribution in [1.29, 1.82) is 0 Å². The van der Waals surface area contributed by atoms with Gasteiger partial charge in [0.1, 0.15) is 11.6 Å². The summed E-state index contributed by atoms with van der Waals surface area (Å²) in [6.07, 6.45) is 2.97. The number of carbonyl (C=O) groups excluding carboxylic acids is 2. The Morgan fingerprint density at radius 2 is 1.83 bits per heavy atom. The summed E-state index contributed by atoms with van der Waals surface area (Å²) in [5, 5.41) is 0. The van der Waals surface area contributed by atoms with Crippen LogP contribution in [0, 0.1) is 19.8 Å². The zero-order valence-corrected chi connectivity index (χ0v) is 17.9. The van der Waals surface area contributed by atoms with Crippen molar-refractivity contribution in [3.8, 4) is 5.75 Å². The van der Waals surface area contributed by atoms with Gasteiger partial charge in [0.2, 0.25) is 5.91 Å². The van der Waals surface area contributed by atoms with E-state index >= 15 is 0 Å². The van der Waals surface area contributed by atoms with Crippen molar-refractivity contribution >= 4 is 11.7 Å². The zero-order chi connectivity index (χ0) is 21.7. The number of nitrogens with one attached hydrogen (secondary N) is 1. The van der Waals surface area contributed by atoms with Crippen LogP contribution in [0.15, 0.2) is 29.1 Å². The molecule has 2 heterocycles. The number of nitrogens with zero attached hydrogens (tertiary/aromatic N) is 2. The first-order chi connectivity index (χ1) is 14.4. The predicted molar refractivity (Wildman–Crippen MR) is 114 cm³/mol. The van der Waals surface area contributed by atoms with E-state index in [4.69, 9.17) is 4.74 Å². The van der Waals surface area contributed by atoms with Crippen molar-refractivity contribution in [3.63, 3.8) is 0 Å². The highest BCUT2D eigenvalue weighted by atomic mass is 16.5. The molecular weight excluding hydrogens is 382 g/mol. The van der Waals surface area contributed by atoms with Gasteiger partial charge in [0.25, 0.3) is 5.56 Å². The SMILES string of the molecule is COc1ccc(C(=O)C2CCN(C(=O)CCCc3nc(C)c(C)c(=O)[nH]3)CC2)cc1. The lowest BCUT2D eigenvalue weighted by molar-refractivity contribution is -0.132. The molecule has 0 radical (unpaired) electrons. The quantitative estimate of drug-likeness (QED) is 0.708. The van der Waals surface area contributed by atoms with E-state index in [1.54, 1.807) is 38.3 Å². The van der Waals surface area contributed by atoms with Gasteiger partial charge in [-0.1, -0.05) is 0 Å². The molecular formula is C23H29N3O4. The number of piperidine rings is 1. The summed E-state index contributed by atoms with van der Waals surface area (Å²) in [7, 11) is 1.60. The number of hydrogen-bond donors (Lipinski definition) is 1. The van der Waals surface area contributed by atoms with E-state index in [2.05, 4.69) is 9.97 Å². The van der Waals surface area contributed by atoms with Crippen molar-refractivity contribution < 1.29 is 14.3 Å². The van der Waals surface area contributed by atoms with E-state index in [9.17, 15) is 14.4 Å². The van der Waals surface area contributed by atoms with Gasteiger partial charge in [-0.3, -0.25) is 14.4 Å². The van der Waals surface area contributed by atoms with Crippen LogP contribution in [0.25, 0.3) is 0 Å². The number of likely N-dealkylation sites (tertiary alicyclic amines) is 1. The molecule has 1 aliphatic rings. The number of hydrogen-bond acceptors (Lipinski definition) is 5. The molecule has 1 N–H and O–H groups in total. The molecule has 0 aliphatic carbocycles. The van der Waals surface area contributed by atoms with Crippen molar-refractivity contribution in [1.82, 2.24) is 14.9 Å². The van der Waals surface area contributed by atoms with Crippen LogP contribution in [-0.2, 0) is 11.2 Å². The summed E-state index contributed by atoms with van der Waals surface area (Å²) in [6, 6.07) is 7.18. The molecule has 0 atom stereocenters. The van der Waals surface area contributed by atoms with Crippen LogP contribution >= 0.6 is 0 Å². The molecule has 1 aromatic carbocycles. The minimum absolute atomic E-state index is 0.0488. The Hall–Kier alpha value is -2.96. The maximum absolute atomic E-state index is 12.7. The number of carbonyl (C=O) groups is 2. The van der Waals surface area contributed by atoms with Crippen molar-refractivity contribution in [2.75, 3.05) is 20.2 Å². The lowest BCUT2D eigenvalue weighted by atomic mass is 9.88. The summed E-state index contributed by atoms with van der Waals surface area (Å²) in [5.74, 6) is 1.53. The Balaban J connectivity index is 1.45. The van der Waals surface area contributed by atoms with Crippen LogP contribution < -0.4 is 10.3 Å². The molecule has 1 amide bonds. The highest BCUT2D eigenvalue weighted by Crippen LogP contribution is 2.23. The second kappa shape index (κ2) is 9.69. The van der Waals surface area contributed by atoms with E-state index < -0.39 is 0 Å². The molecule has 2 aromatic rings. The number of aromatic amines is 1. The topological polar surface area (TPSA) is 92.4 Å². The summed E-state index contributed by atoms with van der Waals surface area (Å²) in [6.45, 7) is 4.77. The fourth-order valence-corrected chi connectivity index (χ4v) is 3.77. The highest BCUT2D eigenvalue weighted by molar-refractivity contribution is 5.98. The molecule has 1 aromatic heterocycles. The third-order valence-corrected chi connectivity index (χ3v) is 5.84. The Morgan fingerprint density at radius 1 is 1.17 bits per heavy atom. The van der Waals surface area contributed by atoms with Gasteiger partial charge in [-0.25, -0.2) is 4.98 Å². The first-order valence-corrected chi connectivity index (χ1v) is 10.4. The van der Waals surface area contributed by atoms with E-state index in [0.717, 1.165) is 11.4 Å². The van der Waals surface area contributed by atoms with Crippen LogP contribution in [-0.4, -0.2) is 46.8 Å². The Kier molecular flexibility index (Phi) is 7.03. The second-order valence-electron chi connectivity index (χ2n) is 7.82. The van der Waals surface area contributed by atoms with Gasteiger partial charge in [-0.2, -0.15) is 0 Å². The average molecular weight is 412 g/mol. The van der Waals surface area contributed by atoms with Gasteiger partial charge in [-0.15, -0.1) is 0 Å². The monoisotopic (exact) mass is 411 g/mol. The number of aryl methyl sites for hydroxylation is 2. The van der Waals surface area contributed by atoms with E-state index in [-0.39, 0.29) is 23.2 Å². The van der Waals surface area contributed by atoms with Gasteiger partial charge in [0.15, 0.2) is 5.78 Å². The third-order valence-electron chi connectivity index (χ3n) is 5.84. The molecule has 0 saturated carbocycles. The van der Waals surface area contributed by atoms with Crippen molar-refractivity contribution in [2.24, 2.45) is 5.92 Å². The fourth-order valence-electron chi connectivity index (χ4n) is 3.77. The molecule has 0 unspecified atom stereocenters. The number of ether oxygens (including phenoxy) is 1. The van der Waals surface area contributed by atoms with Crippen molar-refractivity contribution in [2.45, 2.75) is 46.0 Å². The lowest BCUT2D eigenvalue weighted by Crippen LogP contribution is -2.40. The van der Waals surface area contributed by atoms with Gasteiger partial charge in [0, 0.05) is 48.7 Å². The van der Waals surface area contributed by atoms with Crippen molar-refractivity contribution in [3.05, 3.63) is 57.3 Å². The standard InChI is InChI=1S/C23H29N3O4/c1-15-16(2)24-20(25-23(15)29)5-4-6-21(27)26-13-11-18(12-14-26)22(28)17-7-9-19(30-3)10-8-17/h7-10,18H,4-6,11-14H2,1-3H3,(H,24,25,29). The van der Waals surface area contributed by atoms with Crippen LogP contribution in [0.1, 0.15) is 53.1 Å². The molecule has 0 bridgehead atoms.